The standard InChI is InChI=1S/C9H8F2O2/c1-5(12)9(13)7-4-6(10)2-3-8(7)11/h2-5,12H,1H3. The first-order valence-corrected chi connectivity index (χ1v) is 3.69. The molecular weight excluding hydrogens is 178 g/mol. The first-order valence-electron chi connectivity index (χ1n) is 3.69. The average Bonchev–Trinajstić information content (AvgIpc) is 2.08. The Hall–Kier alpha value is -1.29. The highest BCUT2D eigenvalue weighted by molar-refractivity contribution is 5.99. The largest absolute Gasteiger partial charge is 0.385 e. The highest BCUT2D eigenvalue weighted by atomic mass is 19.1. The third-order valence-corrected chi connectivity index (χ3v) is 1.57. The molecule has 1 unspecified atom stereocenters. The van der Waals surface area contributed by atoms with Crippen molar-refractivity contribution in [1.29, 1.82) is 0 Å². The highest BCUT2D eigenvalue weighted by Gasteiger charge is 2.16. The van der Waals surface area contributed by atoms with Crippen LogP contribution in [0.3, 0.4) is 0 Å². The summed E-state index contributed by atoms with van der Waals surface area (Å²) in [5.41, 5.74) is -0.421. The van der Waals surface area contributed by atoms with E-state index in [1.54, 1.807) is 0 Å². The van der Waals surface area contributed by atoms with Crippen molar-refractivity contribution in [2.75, 3.05) is 0 Å². The van der Waals surface area contributed by atoms with Crippen LogP contribution in [0.4, 0.5) is 8.78 Å². The molecule has 0 bridgehead atoms. The van der Waals surface area contributed by atoms with Crippen LogP contribution in [0.25, 0.3) is 0 Å². The summed E-state index contributed by atoms with van der Waals surface area (Å²) in [6, 6.07) is 2.53. The van der Waals surface area contributed by atoms with E-state index < -0.39 is 29.1 Å². The number of ketones is 1. The lowest BCUT2D eigenvalue weighted by Gasteiger charge is -2.04. The molecule has 0 aromatic heterocycles. The molecule has 1 atom stereocenters. The second kappa shape index (κ2) is 3.62. The van der Waals surface area contributed by atoms with Crippen LogP contribution in [0.1, 0.15) is 17.3 Å². The quantitative estimate of drug-likeness (QED) is 0.711. The lowest BCUT2D eigenvalue weighted by atomic mass is 10.1. The van der Waals surface area contributed by atoms with Crippen molar-refractivity contribution in [1.82, 2.24) is 0 Å². The molecule has 1 rings (SSSR count). The van der Waals surface area contributed by atoms with Gasteiger partial charge in [0.2, 0.25) is 0 Å². The topological polar surface area (TPSA) is 37.3 Å². The second-order valence-electron chi connectivity index (χ2n) is 2.66. The minimum Gasteiger partial charge on any atom is -0.385 e. The van der Waals surface area contributed by atoms with Crippen LogP contribution in [0.15, 0.2) is 18.2 Å². The third kappa shape index (κ3) is 2.09. The van der Waals surface area contributed by atoms with Gasteiger partial charge in [0.25, 0.3) is 0 Å². The van der Waals surface area contributed by atoms with E-state index in [2.05, 4.69) is 0 Å². The molecule has 70 valence electrons. The number of carbonyl (C=O) groups is 1. The van der Waals surface area contributed by atoms with Gasteiger partial charge >= 0.3 is 0 Å². The molecule has 13 heavy (non-hydrogen) atoms. The Kier molecular flexibility index (Phi) is 2.72. The van der Waals surface area contributed by atoms with E-state index in [0.29, 0.717) is 0 Å². The van der Waals surface area contributed by atoms with Gasteiger partial charge in [-0.3, -0.25) is 4.79 Å². The number of Topliss-reactive ketones (excluding diaryl/α,β-unsaturated/α-hetero) is 1. The first kappa shape index (κ1) is 9.80. The van der Waals surface area contributed by atoms with Crippen LogP contribution in [0, 0.1) is 11.6 Å². The molecule has 0 radical (unpaired) electrons. The van der Waals surface area contributed by atoms with Crippen molar-refractivity contribution in [2.24, 2.45) is 0 Å². The van der Waals surface area contributed by atoms with Gasteiger partial charge in [0, 0.05) is 0 Å². The second-order valence-corrected chi connectivity index (χ2v) is 2.66. The van der Waals surface area contributed by atoms with Crippen LogP contribution >= 0.6 is 0 Å². The molecule has 1 N–H and O–H groups in total. The van der Waals surface area contributed by atoms with Crippen LogP contribution in [0.2, 0.25) is 0 Å². The predicted molar refractivity (Wildman–Crippen MR) is 42.4 cm³/mol. The van der Waals surface area contributed by atoms with Gasteiger partial charge in [-0.05, 0) is 25.1 Å². The molecule has 0 amide bonds. The zero-order valence-electron chi connectivity index (χ0n) is 6.92. The molecule has 0 aliphatic rings. The van der Waals surface area contributed by atoms with E-state index in [1.165, 1.54) is 6.92 Å². The Morgan fingerprint density at radius 3 is 2.62 bits per heavy atom. The lowest BCUT2D eigenvalue weighted by Crippen LogP contribution is -2.17. The fourth-order valence-electron chi connectivity index (χ4n) is 0.911. The normalized spacial score (nSPS) is 12.6. The number of benzene rings is 1. The number of hydrogen-bond donors (Lipinski definition) is 1. The number of hydrogen-bond acceptors (Lipinski definition) is 2. The van der Waals surface area contributed by atoms with Crippen LogP contribution in [-0.2, 0) is 0 Å². The fourth-order valence-corrected chi connectivity index (χ4v) is 0.911. The Morgan fingerprint density at radius 2 is 2.08 bits per heavy atom. The van der Waals surface area contributed by atoms with Crippen molar-refractivity contribution in [3.63, 3.8) is 0 Å². The minimum atomic E-state index is -1.32. The zero-order chi connectivity index (χ0) is 10.0. The average molecular weight is 186 g/mol. The zero-order valence-corrected chi connectivity index (χ0v) is 6.92. The van der Waals surface area contributed by atoms with Crippen molar-refractivity contribution in [3.8, 4) is 0 Å². The molecule has 0 saturated carbocycles. The van der Waals surface area contributed by atoms with E-state index in [1.807, 2.05) is 0 Å². The summed E-state index contributed by atoms with van der Waals surface area (Å²) in [5.74, 6) is -2.35. The third-order valence-electron chi connectivity index (χ3n) is 1.57. The SMILES string of the molecule is CC(O)C(=O)c1cc(F)ccc1F. The van der Waals surface area contributed by atoms with Gasteiger partial charge in [-0.1, -0.05) is 0 Å². The van der Waals surface area contributed by atoms with Gasteiger partial charge in [0.05, 0.1) is 5.56 Å². The van der Waals surface area contributed by atoms with Crippen molar-refractivity contribution in [3.05, 3.63) is 35.4 Å². The van der Waals surface area contributed by atoms with E-state index in [0.717, 1.165) is 18.2 Å². The summed E-state index contributed by atoms with van der Waals surface area (Å²) in [6.07, 6.45) is -1.32. The Labute approximate surface area is 73.8 Å². The molecule has 0 saturated heterocycles. The van der Waals surface area contributed by atoms with Crippen LogP contribution in [-0.4, -0.2) is 17.0 Å². The highest BCUT2D eigenvalue weighted by Crippen LogP contribution is 2.11. The number of aliphatic hydroxyl groups is 1. The van der Waals surface area contributed by atoms with Gasteiger partial charge < -0.3 is 5.11 Å². The molecule has 0 aliphatic heterocycles. The molecule has 2 nitrogen and oxygen atoms in total. The lowest BCUT2D eigenvalue weighted by molar-refractivity contribution is 0.0774. The van der Waals surface area contributed by atoms with Gasteiger partial charge in [-0.25, -0.2) is 8.78 Å². The summed E-state index contributed by atoms with van der Waals surface area (Å²) in [4.78, 5) is 11.1. The number of carbonyl (C=O) groups excluding carboxylic acids is 1. The Balaban J connectivity index is 3.13. The van der Waals surface area contributed by atoms with E-state index in [4.69, 9.17) is 5.11 Å². The maximum Gasteiger partial charge on any atom is 0.194 e. The predicted octanol–water partition coefficient (Wildman–Crippen LogP) is 1.53. The summed E-state index contributed by atoms with van der Waals surface area (Å²) >= 11 is 0. The summed E-state index contributed by atoms with van der Waals surface area (Å²) in [6.45, 7) is 1.20. The van der Waals surface area contributed by atoms with E-state index >= 15 is 0 Å². The maximum atomic E-state index is 12.9. The molecule has 1 aromatic rings. The Morgan fingerprint density at radius 1 is 1.46 bits per heavy atom. The molecular formula is C9H8F2O2. The van der Waals surface area contributed by atoms with Gasteiger partial charge in [-0.15, -0.1) is 0 Å². The van der Waals surface area contributed by atoms with Crippen LogP contribution < -0.4 is 0 Å². The minimum absolute atomic E-state index is 0.421. The number of halogens is 2. The van der Waals surface area contributed by atoms with E-state index in [9.17, 15) is 13.6 Å². The number of aliphatic hydroxyl groups excluding tert-OH is 1. The fraction of sp³-hybridized carbons (Fsp3) is 0.222. The molecule has 1 aromatic carbocycles. The summed E-state index contributed by atoms with van der Waals surface area (Å²) in [5, 5.41) is 8.85. The van der Waals surface area contributed by atoms with Crippen LogP contribution in [0.5, 0.6) is 0 Å². The van der Waals surface area contributed by atoms with Gasteiger partial charge in [0.1, 0.15) is 17.7 Å². The molecule has 0 heterocycles. The smallest absolute Gasteiger partial charge is 0.194 e. The monoisotopic (exact) mass is 186 g/mol. The maximum absolute atomic E-state index is 12.9. The van der Waals surface area contributed by atoms with Gasteiger partial charge in [0.15, 0.2) is 5.78 Å². The Bertz CT molecular complexity index is 334. The summed E-state index contributed by atoms with van der Waals surface area (Å²) in [7, 11) is 0. The van der Waals surface area contributed by atoms with Crippen molar-refractivity contribution < 1.29 is 18.7 Å². The molecule has 4 heteroatoms. The van der Waals surface area contributed by atoms with Gasteiger partial charge in [-0.2, -0.15) is 0 Å². The van der Waals surface area contributed by atoms with Crippen molar-refractivity contribution in [2.45, 2.75) is 13.0 Å². The molecule has 0 spiro atoms. The summed E-state index contributed by atoms with van der Waals surface area (Å²) < 4.78 is 25.5. The molecule has 0 fully saturated rings. The molecule has 0 aliphatic carbocycles. The van der Waals surface area contributed by atoms with Crippen molar-refractivity contribution >= 4 is 5.78 Å². The van der Waals surface area contributed by atoms with E-state index in [-0.39, 0.29) is 0 Å². The first-order chi connectivity index (χ1) is 6.02. The number of rotatable bonds is 2.